The summed E-state index contributed by atoms with van der Waals surface area (Å²) in [5.74, 6) is 0.304. The van der Waals surface area contributed by atoms with Crippen molar-refractivity contribution in [3.8, 4) is 0 Å². The molecule has 7 heteroatoms. The van der Waals surface area contributed by atoms with Gasteiger partial charge in [-0.25, -0.2) is 13.1 Å². The summed E-state index contributed by atoms with van der Waals surface area (Å²) in [7, 11) is -1.24. The van der Waals surface area contributed by atoms with Crippen molar-refractivity contribution in [3.05, 3.63) is 15.8 Å². The fourth-order valence-corrected chi connectivity index (χ4v) is 5.46. The van der Waals surface area contributed by atoms with Gasteiger partial charge in [-0.15, -0.1) is 11.3 Å². The molecule has 0 spiro atoms. The molecule has 0 aromatic carbocycles. The van der Waals surface area contributed by atoms with Crippen LogP contribution in [0.5, 0.6) is 0 Å². The molecule has 5 nitrogen and oxygen atoms in total. The lowest BCUT2D eigenvalue weighted by Crippen LogP contribution is -2.46. The van der Waals surface area contributed by atoms with Gasteiger partial charge in [0.1, 0.15) is 0 Å². The molecule has 1 N–H and O–H groups in total. The summed E-state index contributed by atoms with van der Waals surface area (Å²) < 4.78 is 27.5. The van der Waals surface area contributed by atoms with E-state index in [1.165, 1.54) is 11.3 Å². The van der Waals surface area contributed by atoms with E-state index in [1.54, 1.807) is 6.07 Å². The molecule has 0 aliphatic carbocycles. The number of nitrogens with zero attached hydrogens (tertiary/aromatic N) is 2. The zero-order valence-electron chi connectivity index (χ0n) is 13.9. The quantitative estimate of drug-likeness (QED) is 0.849. The van der Waals surface area contributed by atoms with Gasteiger partial charge in [-0.2, -0.15) is 0 Å². The minimum absolute atomic E-state index is 0.304. The summed E-state index contributed by atoms with van der Waals surface area (Å²) in [4.78, 5) is 7.06. The van der Waals surface area contributed by atoms with Gasteiger partial charge in [-0.3, -0.25) is 0 Å². The number of thiophene rings is 1. The Balaban J connectivity index is 1.85. The van der Waals surface area contributed by atoms with Crippen LogP contribution in [0.3, 0.4) is 0 Å². The number of hydrogen-bond acceptors (Lipinski definition) is 5. The van der Waals surface area contributed by atoms with Crippen LogP contribution in [0.2, 0.25) is 0 Å². The molecular formula is C15H27N3O2S2. The van der Waals surface area contributed by atoms with E-state index >= 15 is 0 Å². The summed E-state index contributed by atoms with van der Waals surface area (Å²) in [5.41, 5.74) is 0. The topological polar surface area (TPSA) is 52.7 Å². The number of sulfonamides is 1. The molecule has 1 fully saturated rings. The third kappa shape index (κ3) is 4.76. The summed E-state index contributed by atoms with van der Waals surface area (Å²) in [5, 5.41) is 0. The van der Waals surface area contributed by atoms with Crippen LogP contribution in [0, 0.1) is 19.8 Å². The molecule has 1 saturated heterocycles. The minimum Gasteiger partial charge on any atom is -0.304 e. The summed E-state index contributed by atoms with van der Waals surface area (Å²) in [6, 6.07) is 1.76. The van der Waals surface area contributed by atoms with Crippen LogP contribution < -0.4 is 4.72 Å². The molecule has 22 heavy (non-hydrogen) atoms. The molecule has 0 amide bonds. The first kappa shape index (κ1) is 17.9. The van der Waals surface area contributed by atoms with Gasteiger partial charge in [0.25, 0.3) is 0 Å². The van der Waals surface area contributed by atoms with E-state index in [0.717, 1.165) is 42.5 Å². The Labute approximate surface area is 138 Å². The molecule has 1 aromatic rings. The van der Waals surface area contributed by atoms with E-state index in [0.29, 0.717) is 17.4 Å². The van der Waals surface area contributed by atoms with Crippen LogP contribution in [-0.4, -0.2) is 64.5 Å². The zero-order valence-corrected chi connectivity index (χ0v) is 15.6. The molecule has 126 valence electrons. The highest BCUT2D eigenvalue weighted by molar-refractivity contribution is 7.89. The van der Waals surface area contributed by atoms with E-state index in [1.807, 2.05) is 13.8 Å². The Hall–Kier alpha value is -0.470. The highest BCUT2D eigenvalue weighted by atomic mass is 32.2. The normalized spacial score (nSPS) is 19.5. The zero-order chi connectivity index (χ0) is 16.3. The summed E-state index contributed by atoms with van der Waals surface area (Å²) in [6.07, 6.45) is 0. The molecule has 1 atom stereocenters. The van der Waals surface area contributed by atoms with Gasteiger partial charge < -0.3 is 9.80 Å². The predicted octanol–water partition coefficient (Wildman–Crippen LogP) is 1.53. The van der Waals surface area contributed by atoms with E-state index in [2.05, 4.69) is 28.5 Å². The largest absolute Gasteiger partial charge is 0.304 e. The molecule has 1 aliphatic heterocycles. The highest BCUT2D eigenvalue weighted by Gasteiger charge is 2.21. The second-order valence-corrected chi connectivity index (χ2v) is 9.53. The van der Waals surface area contributed by atoms with Crippen LogP contribution in [0.25, 0.3) is 0 Å². The maximum absolute atomic E-state index is 12.4. The van der Waals surface area contributed by atoms with Crippen molar-refractivity contribution in [1.29, 1.82) is 0 Å². The smallest absolute Gasteiger partial charge is 0.241 e. The Kier molecular flexibility index (Phi) is 6.01. The van der Waals surface area contributed by atoms with Crippen LogP contribution in [0.15, 0.2) is 11.0 Å². The Morgan fingerprint density at radius 3 is 2.45 bits per heavy atom. The average molecular weight is 346 g/mol. The van der Waals surface area contributed by atoms with E-state index in [-0.39, 0.29) is 0 Å². The van der Waals surface area contributed by atoms with Crippen molar-refractivity contribution in [1.82, 2.24) is 14.5 Å². The summed E-state index contributed by atoms with van der Waals surface area (Å²) >= 11 is 1.53. The average Bonchev–Trinajstić information content (AvgIpc) is 2.79. The predicted molar refractivity (Wildman–Crippen MR) is 92.1 cm³/mol. The van der Waals surface area contributed by atoms with E-state index in [4.69, 9.17) is 0 Å². The van der Waals surface area contributed by atoms with Crippen molar-refractivity contribution in [3.63, 3.8) is 0 Å². The standard InChI is InChI=1S/C15H27N3O2S2/c1-12(11-18-7-5-17(4)6-8-18)10-16-22(19,20)15-9-13(2)21-14(15)3/h9,12,16H,5-8,10-11H2,1-4H3. The molecule has 1 aliphatic rings. The Bertz CT molecular complexity index is 590. The summed E-state index contributed by atoms with van der Waals surface area (Å²) in [6.45, 7) is 11.6. The first-order chi connectivity index (χ1) is 10.3. The molecule has 0 bridgehead atoms. The van der Waals surface area contributed by atoms with Gasteiger partial charge in [0.15, 0.2) is 0 Å². The van der Waals surface area contributed by atoms with Crippen molar-refractivity contribution < 1.29 is 8.42 Å². The number of piperazine rings is 1. The number of hydrogen-bond donors (Lipinski definition) is 1. The number of nitrogens with one attached hydrogen (secondary N) is 1. The first-order valence-electron chi connectivity index (χ1n) is 7.75. The SMILES string of the molecule is Cc1cc(S(=O)(=O)NCC(C)CN2CCN(C)CC2)c(C)s1. The molecule has 1 unspecified atom stereocenters. The third-order valence-electron chi connectivity index (χ3n) is 4.07. The van der Waals surface area contributed by atoms with Gasteiger partial charge in [0.2, 0.25) is 10.0 Å². The lowest BCUT2D eigenvalue weighted by atomic mass is 10.1. The number of rotatable bonds is 6. The maximum atomic E-state index is 12.4. The second kappa shape index (κ2) is 7.40. The van der Waals surface area contributed by atoms with E-state index < -0.39 is 10.0 Å². The van der Waals surface area contributed by atoms with Crippen LogP contribution >= 0.6 is 11.3 Å². The van der Waals surface area contributed by atoms with Gasteiger partial charge in [-0.05, 0) is 32.9 Å². The van der Waals surface area contributed by atoms with Crippen LogP contribution in [-0.2, 0) is 10.0 Å². The number of likely N-dealkylation sites (N-methyl/N-ethyl adjacent to an activating group) is 1. The highest BCUT2D eigenvalue weighted by Crippen LogP contribution is 2.24. The second-order valence-electron chi connectivity index (χ2n) is 6.34. The van der Waals surface area contributed by atoms with E-state index in [9.17, 15) is 8.42 Å². The maximum Gasteiger partial charge on any atom is 0.241 e. The van der Waals surface area contributed by atoms with Crippen LogP contribution in [0.1, 0.15) is 16.7 Å². The fraction of sp³-hybridized carbons (Fsp3) is 0.733. The lowest BCUT2D eigenvalue weighted by Gasteiger charge is -2.33. The van der Waals surface area contributed by atoms with Gasteiger partial charge in [0, 0.05) is 49.0 Å². The Morgan fingerprint density at radius 1 is 1.27 bits per heavy atom. The van der Waals surface area contributed by atoms with Crippen molar-refractivity contribution in [2.24, 2.45) is 5.92 Å². The van der Waals surface area contributed by atoms with Crippen molar-refractivity contribution >= 4 is 21.4 Å². The van der Waals surface area contributed by atoms with Crippen LogP contribution in [0.4, 0.5) is 0 Å². The monoisotopic (exact) mass is 345 g/mol. The van der Waals surface area contributed by atoms with Crippen molar-refractivity contribution in [2.45, 2.75) is 25.7 Å². The molecule has 1 aromatic heterocycles. The molecule has 0 radical (unpaired) electrons. The number of aryl methyl sites for hydroxylation is 2. The van der Waals surface area contributed by atoms with Gasteiger partial charge in [-0.1, -0.05) is 6.92 Å². The Morgan fingerprint density at radius 2 is 1.91 bits per heavy atom. The van der Waals surface area contributed by atoms with Crippen molar-refractivity contribution in [2.75, 3.05) is 46.3 Å². The molecular weight excluding hydrogens is 318 g/mol. The fourth-order valence-electron chi connectivity index (χ4n) is 2.74. The minimum atomic E-state index is -3.38. The lowest BCUT2D eigenvalue weighted by molar-refractivity contribution is 0.139. The third-order valence-corrected chi connectivity index (χ3v) is 6.72. The van der Waals surface area contributed by atoms with Gasteiger partial charge in [0.05, 0.1) is 4.90 Å². The first-order valence-corrected chi connectivity index (χ1v) is 10.1. The molecule has 2 rings (SSSR count). The van der Waals surface area contributed by atoms with Gasteiger partial charge >= 0.3 is 0 Å². The molecule has 2 heterocycles. The molecule has 0 saturated carbocycles.